The van der Waals surface area contributed by atoms with Crippen molar-refractivity contribution in [3.63, 3.8) is 0 Å². The van der Waals surface area contributed by atoms with Gasteiger partial charge in [0.15, 0.2) is 0 Å². The average Bonchev–Trinajstić information content (AvgIpc) is 1.43. The molecular formula is C5H18O5Si3. The van der Waals surface area contributed by atoms with Gasteiger partial charge in [-0.1, -0.05) is 0 Å². The van der Waals surface area contributed by atoms with Crippen LogP contribution in [-0.4, -0.2) is 40.3 Å². The fourth-order valence-electron chi connectivity index (χ4n) is 1.09. The molecule has 80 valence electrons. The molecule has 0 aromatic carbocycles. The van der Waals surface area contributed by atoms with Crippen LogP contribution in [0.5, 0.6) is 0 Å². The Balaban J connectivity index is 4.25. The molecule has 3 N–H and O–H groups in total. The molecule has 0 saturated carbocycles. The van der Waals surface area contributed by atoms with Crippen LogP contribution in [0.1, 0.15) is 0 Å². The maximum absolute atomic E-state index is 9.47. The SMILES string of the molecule is C[Si](C)(O)O[Si](C)(C)O[Si](C)(O)O. The summed E-state index contributed by atoms with van der Waals surface area (Å²) >= 11 is 0. The quantitative estimate of drug-likeness (QED) is 0.603. The molecule has 0 aromatic rings. The number of hydrogen-bond acceptors (Lipinski definition) is 5. The van der Waals surface area contributed by atoms with Crippen molar-refractivity contribution < 1.29 is 22.6 Å². The lowest BCUT2D eigenvalue weighted by molar-refractivity contribution is 0.214. The van der Waals surface area contributed by atoms with Crippen molar-refractivity contribution in [2.24, 2.45) is 0 Å². The molecule has 0 radical (unpaired) electrons. The molecule has 0 unspecified atom stereocenters. The third kappa shape index (κ3) is 8.77. The largest absolute Gasteiger partial charge is 0.483 e. The van der Waals surface area contributed by atoms with Crippen LogP contribution in [-0.2, 0) is 8.23 Å². The third-order valence-electron chi connectivity index (χ3n) is 0.935. The molecule has 0 aromatic heterocycles. The van der Waals surface area contributed by atoms with Crippen LogP contribution in [0.4, 0.5) is 0 Å². The Kier molecular flexibility index (Phi) is 4.04. The molecule has 0 heterocycles. The molecule has 0 bridgehead atoms. The summed E-state index contributed by atoms with van der Waals surface area (Å²) < 4.78 is 10.4. The molecule has 8 heteroatoms. The van der Waals surface area contributed by atoms with Gasteiger partial charge in [-0.25, -0.2) is 0 Å². The van der Waals surface area contributed by atoms with Crippen LogP contribution in [0.25, 0.3) is 0 Å². The monoisotopic (exact) mass is 242 g/mol. The zero-order valence-corrected chi connectivity index (χ0v) is 11.7. The minimum Gasteiger partial charge on any atom is -0.415 e. The lowest BCUT2D eigenvalue weighted by atomic mass is 11.9. The van der Waals surface area contributed by atoms with Gasteiger partial charge in [-0.2, -0.15) is 0 Å². The Morgan fingerprint density at radius 3 is 1.38 bits per heavy atom. The Morgan fingerprint density at radius 1 is 0.769 bits per heavy atom. The first-order valence-electron chi connectivity index (χ1n) is 3.99. The van der Waals surface area contributed by atoms with Gasteiger partial charge in [0.05, 0.1) is 0 Å². The minimum absolute atomic E-state index is 1.25. The molecule has 0 aliphatic heterocycles. The molecular weight excluding hydrogens is 224 g/mol. The van der Waals surface area contributed by atoms with Gasteiger partial charge in [0.25, 0.3) is 0 Å². The van der Waals surface area contributed by atoms with E-state index in [4.69, 9.17) is 17.8 Å². The van der Waals surface area contributed by atoms with E-state index in [9.17, 15) is 4.80 Å². The van der Waals surface area contributed by atoms with E-state index in [1.165, 1.54) is 6.55 Å². The van der Waals surface area contributed by atoms with E-state index in [2.05, 4.69) is 0 Å². The van der Waals surface area contributed by atoms with E-state index in [-0.39, 0.29) is 0 Å². The number of rotatable bonds is 4. The first kappa shape index (κ1) is 13.5. The first-order valence-corrected chi connectivity index (χ1v) is 12.0. The highest BCUT2D eigenvalue weighted by atomic mass is 28.5. The highest BCUT2D eigenvalue weighted by molar-refractivity contribution is 6.82. The molecule has 0 aliphatic carbocycles. The standard InChI is InChI=1S/C5H18O5Si3/c1-11(2,6)9-12(3,4)10-13(5,7)8/h6-8H,1-5H3. The summed E-state index contributed by atoms with van der Waals surface area (Å²) in [7, 11) is -8.80. The predicted octanol–water partition coefficient (Wildman–Crippen LogP) is -0.0312. The van der Waals surface area contributed by atoms with Gasteiger partial charge in [-0.15, -0.1) is 0 Å². The van der Waals surface area contributed by atoms with Crippen LogP contribution < -0.4 is 0 Å². The minimum atomic E-state index is -3.54. The third-order valence-corrected chi connectivity index (χ3v) is 8.41. The van der Waals surface area contributed by atoms with Gasteiger partial charge in [0.1, 0.15) is 0 Å². The summed E-state index contributed by atoms with van der Waals surface area (Å²) in [6, 6.07) is 0. The van der Waals surface area contributed by atoms with Crippen LogP contribution >= 0.6 is 0 Å². The highest BCUT2D eigenvalue weighted by Crippen LogP contribution is 2.16. The summed E-state index contributed by atoms with van der Waals surface area (Å²) in [5.41, 5.74) is 0. The van der Waals surface area contributed by atoms with Gasteiger partial charge in [-0.3, -0.25) is 0 Å². The lowest BCUT2D eigenvalue weighted by Crippen LogP contribution is -2.53. The van der Waals surface area contributed by atoms with Crippen molar-refractivity contribution in [3.05, 3.63) is 0 Å². The van der Waals surface area contributed by atoms with Crippen LogP contribution in [0, 0.1) is 0 Å². The topological polar surface area (TPSA) is 79.2 Å². The van der Waals surface area contributed by atoms with Gasteiger partial charge in [0, 0.05) is 6.55 Å². The Labute approximate surface area is 81.8 Å². The molecule has 5 nitrogen and oxygen atoms in total. The van der Waals surface area contributed by atoms with Crippen LogP contribution in [0.15, 0.2) is 0 Å². The second-order valence-electron chi connectivity index (χ2n) is 3.98. The molecule has 13 heavy (non-hydrogen) atoms. The fourth-order valence-corrected chi connectivity index (χ4v) is 10.2. The van der Waals surface area contributed by atoms with E-state index in [1.54, 1.807) is 26.2 Å². The molecule has 0 aliphatic rings. The Bertz CT molecular complexity index is 152. The van der Waals surface area contributed by atoms with E-state index in [1.807, 2.05) is 0 Å². The zero-order valence-electron chi connectivity index (χ0n) is 8.66. The fraction of sp³-hybridized carbons (Fsp3) is 1.00. The Morgan fingerprint density at radius 2 is 1.15 bits per heavy atom. The van der Waals surface area contributed by atoms with Crippen molar-refractivity contribution in [1.82, 2.24) is 0 Å². The van der Waals surface area contributed by atoms with Crippen LogP contribution in [0.2, 0.25) is 32.7 Å². The average molecular weight is 242 g/mol. The molecule has 0 saturated heterocycles. The summed E-state index contributed by atoms with van der Waals surface area (Å²) in [4.78, 5) is 27.7. The maximum Gasteiger partial charge on any atom is 0.483 e. The van der Waals surface area contributed by atoms with Gasteiger partial charge in [-0.05, 0) is 26.2 Å². The predicted molar refractivity (Wildman–Crippen MR) is 55.4 cm³/mol. The summed E-state index contributed by atoms with van der Waals surface area (Å²) in [6.45, 7) is 7.82. The summed E-state index contributed by atoms with van der Waals surface area (Å²) in [5.74, 6) is 0. The molecule has 0 amide bonds. The summed E-state index contributed by atoms with van der Waals surface area (Å²) in [6.07, 6.45) is 0. The second kappa shape index (κ2) is 3.90. The van der Waals surface area contributed by atoms with Crippen molar-refractivity contribution in [2.45, 2.75) is 32.7 Å². The lowest BCUT2D eigenvalue weighted by Gasteiger charge is -2.32. The smallest absolute Gasteiger partial charge is 0.415 e. The normalized spacial score (nSPS) is 14.8. The molecule has 0 rings (SSSR count). The number of hydrogen-bond donors (Lipinski definition) is 3. The van der Waals surface area contributed by atoms with E-state index >= 15 is 0 Å². The van der Waals surface area contributed by atoms with Gasteiger partial charge < -0.3 is 22.6 Å². The van der Waals surface area contributed by atoms with E-state index < -0.39 is 25.9 Å². The molecule has 0 fully saturated rings. The summed E-state index contributed by atoms with van der Waals surface area (Å²) in [5, 5.41) is 0. The second-order valence-corrected chi connectivity index (χ2v) is 13.2. The van der Waals surface area contributed by atoms with Crippen molar-refractivity contribution >= 4 is 25.9 Å². The zero-order chi connectivity index (χ0) is 10.9. The van der Waals surface area contributed by atoms with Crippen molar-refractivity contribution in [2.75, 3.05) is 0 Å². The Hall–Kier alpha value is 0.451. The van der Waals surface area contributed by atoms with Gasteiger partial charge >= 0.3 is 25.9 Å². The van der Waals surface area contributed by atoms with Crippen molar-refractivity contribution in [1.29, 1.82) is 0 Å². The molecule has 0 spiro atoms. The van der Waals surface area contributed by atoms with E-state index in [0.29, 0.717) is 0 Å². The van der Waals surface area contributed by atoms with Crippen LogP contribution in [0.3, 0.4) is 0 Å². The first-order chi connectivity index (χ1) is 5.41. The van der Waals surface area contributed by atoms with E-state index in [0.717, 1.165) is 0 Å². The van der Waals surface area contributed by atoms with Gasteiger partial charge in [0.2, 0.25) is 0 Å². The maximum atomic E-state index is 9.47. The van der Waals surface area contributed by atoms with Crippen molar-refractivity contribution in [3.8, 4) is 0 Å². The molecule has 0 atom stereocenters. The highest BCUT2D eigenvalue weighted by Gasteiger charge is 2.40.